The minimum absolute atomic E-state index is 0.0305. The minimum Gasteiger partial charge on any atom is -0.379 e. The van der Waals surface area contributed by atoms with Gasteiger partial charge in [0.1, 0.15) is 17.9 Å². The van der Waals surface area contributed by atoms with Crippen LogP contribution in [0.2, 0.25) is 0 Å². The summed E-state index contributed by atoms with van der Waals surface area (Å²) in [5.74, 6) is -2.59. The summed E-state index contributed by atoms with van der Waals surface area (Å²) >= 11 is 4.12. The molecule has 14 heteroatoms. The lowest BCUT2D eigenvalue weighted by Gasteiger charge is -2.32. The number of carbonyl (C=O) groups is 1. The summed E-state index contributed by atoms with van der Waals surface area (Å²) in [4.78, 5) is 13.0. The lowest BCUT2D eigenvalue weighted by atomic mass is 10.0. The quantitative estimate of drug-likeness (QED) is 0.221. The van der Waals surface area contributed by atoms with Crippen LogP contribution < -0.4 is 16.4 Å². The van der Waals surface area contributed by atoms with Crippen molar-refractivity contribution in [2.45, 2.75) is 42.0 Å². The summed E-state index contributed by atoms with van der Waals surface area (Å²) in [6, 6.07) is -0.605. The van der Waals surface area contributed by atoms with Gasteiger partial charge in [0.15, 0.2) is 0 Å². The molecule has 2 fully saturated rings. The maximum atomic E-state index is 13.9. The fourth-order valence-electron chi connectivity index (χ4n) is 3.54. The number of benzene rings is 1. The third-order valence-electron chi connectivity index (χ3n) is 5.68. The van der Waals surface area contributed by atoms with E-state index in [1.165, 1.54) is 0 Å². The molecule has 3 rings (SSSR count). The van der Waals surface area contributed by atoms with E-state index in [9.17, 15) is 30.8 Å². The van der Waals surface area contributed by atoms with Crippen molar-refractivity contribution in [3.05, 3.63) is 35.6 Å². The predicted octanol–water partition coefficient (Wildman–Crippen LogP) is 0.913. The van der Waals surface area contributed by atoms with Gasteiger partial charge in [0.05, 0.1) is 29.9 Å². The van der Waals surface area contributed by atoms with Gasteiger partial charge in [-0.1, -0.05) is 12.1 Å². The lowest BCUT2D eigenvalue weighted by Crippen LogP contribution is -2.58. The maximum Gasteiger partial charge on any atom is 0.407 e. The van der Waals surface area contributed by atoms with E-state index in [0.717, 1.165) is 28.6 Å². The number of sulfonamides is 1. The fraction of sp³-hybridized carbons (Fsp3) is 0.632. The Balaban J connectivity index is 1.89. The number of amides is 1. The van der Waals surface area contributed by atoms with Crippen LogP contribution in [-0.2, 0) is 19.6 Å². The zero-order valence-corrected chi connectivity index (χ0v) is 19.2. The monoisotopic (exact) mass is 514 g/mol. The maximum absolute atomic E-state index is 13.9. The van der Waals surface area contributed by atoms with Crippen molar-refractivity contribution in [2.24, 2.45) is 5.73 Å². The van der Waals surface area contributed by atoms with Crippen molar-refractivity contribution in [1.29, 1.82) is 0 Å². The normalized spacial score (nSPS) is 21.8. The number of carbonyl (C=O) groups excluding carboxylic acids is 1. The van der Waals surface area contributed by atoms with Crippen LogP contribution >= 0.6 is 12.6 Å². The Morgan fingerprint density at radius 3 is 2.27 bits per heavy atom. The Hall–Kier alpha value is -1.45. The molecule has 4 N–H and O–H groups in total. The molecule has 1 heterocycles. The zero-order valence-electron chi connectivity index (χ0n) is 17.5. The molecule has 2 aliphatic rings. The van der Waals surface area contributed by atoms with Crippen molar-refractivity contribution in [1.82, 2.24) is 14.9 Å². The summed E-state index contributed by atoms with van der Waals surface area (Å²) in [6.45, 7) is 0.343. The number of ether oxygens (including phenoxy) is 1. The van der Waals surface area contributed by atoms with E-state index in [2.05, 4.69) is 23.3 Å². The summed E-state index contributed by atoms with van der Waals surface area (Å²) in [5.41, 5.74) is 4.50. The number of hydrogen-bond donors (Lipinski definition) is 4. The van der Waals surface area contributed by atoms with Gasteiger partial charge in [-0.05, 0) is 30.5 Å². The molecule has 1 aliphatic heterocycles. The smallest absolute Gasteiger partial charge is 0.379 e. The molecule has 1 saturated heterocycles. The van der Waals surface area contributed by atoms with E-state index in [0.29, 0.717) is 12.8 Å². The molecular formula is C19H26F4N4O4S2. The first-order valence-electron chi connectivity index (χ1n) is 10.2. The Morgan fingerprint density at radius 2 is 1.79 bits per heavy atom. The van der Waals surface area contributed by atoms with Gasteiger partial charge in [-0.15, -0.1) is 0 Å². The molecule has 1 aromatic carbocycles. The Bertz CT molecular complexity index is 934. The number of nitrogens with one attached hydrogen (secondary N) is 2. The highest BCUT2D eigenvalue weighted by Gasteiger charge is 2.50. The van der Waals surface area contributed by atoms with Crippen molar-refractivity contribution in [3.8, 4) is 0 Å². The molecule has 1 amide bonds. The number of hydrogen-bond acceptors (Lipinski definition) is 7. The first-order chi connectivity index (χ1) is 15.3. The van der Waals surface area contributed by atoms with Gasteiger partial charge < -0.3 is 15.8 Å². The number of rotatable bonds is 9. The van der Waals surface area contributed by atoms with Crippen LogP contribution in [0.4, 0.5) is 17.6 Å². The molecule has 0 spiro atoms. The first kappa shape index (κ1) is 26.2. The summed E-state index contributed by atoms with van der Waals surface area (Å²) in [7, 11) is -4.11. The number of nitrogens with two attached hydrogens (primary N) is 1. The molecule has 186 valence electrons. The number of nitrogens with zero attached hydrogens (tertiary/aromatic N) is 1. The second-order valence-electron chi connectivity index (χ2n) is 8.13. The van der Waals surface area contributed by atoms with Gasteiger partial charge in [-0.2, -0.15) is 30.1 Å². The fourth-order valence-corrected chi connectivity index (χ4v) is 5.45. The van der Waals surface area contributed by atoms with Crippen LogP contribution in [0.5, 0.6) is 0 Å². The highest BCUT2D eigenvalue weighted by atomic mass is 32.2. The van der Waals surface area contributed by atoms with Gasteiger partial charge in [0.25, 0.3) is 0 Å². The number of alkyl halides is 3. The van der Waals surface area contributed by atoms with Crippen LogP contribution in [0.25, 0.3) is 0 Å². The van der Waals surface area contributed by atoms with Crippen LogP contribution in [0.1, 0.15) is 24.4 Å². The van der Waals surface area contributed by atoms with Gasteiger partial charge in [0.2, 0.25) is 15.9 Å². The van der Waals surface area contributed by atoms with Crippen LogP contribution in [0, 0.1) is 5.82 Å². The third-order valence-corrected chi connectivity index (χ3v) is 8.08. The molecule has 0 radical (unpaired) electrons. The molecular weight excluding hydrogens is 488 g/mol. The van der Waals surface area contributed by atoms with Crippen molar-refractivity contribution in [3.63, 3.8) is 0 Å². The molecule has 1 unspecified atom stereocenters. The molecule has 3 atom stereocenters. The van der Waals surface area contributed by atoms with Gasteiger partial charge in [-0.3, -0.25) is 10.1 Å². The molecule has 1 saturated carbocycles. The number of halogens is 4. The second kappa shape index (κ2) is 10.0. The van der Waals surface area contributed by atoms with E-state index < -0.39 is 56.7 Å². The molecule has 1 aliphatic carbocycles. The Labute approximate surface area is 194 Å². The Morgan fingerprint density at radius 1 is 1.21 bits per heavy atom. The van der Waals surface area contributed by atoms with Gasteiger partial charge in [0, 0.05) is 13.1 Å². The standard InChI is InChI=1S/C19H26F4N4O4S2/c20-13-3-1-12(2-4-13)15(19(21,22)23)25-14(16(28)26-18(5-6-18)17(24)32)11-33(29,30)27-7-9-31-10-8-27/h1-4,14-15,17,25,32H,5-11,24H2,(H,26,28)/t14-,15-,17?/m0/s1. The van der Waals surface area contributed by atoms with Crippen LogP contribution in [0.3, 0.4) is 0 Å². The number of thiol groups is 1. The zero-order chi connectivity index (χ0) is 24.4. The largest absolute Gasteiger partial charge is 0.407 e. The average Bonchev–Trinajstić information content (AvgIpc) is 3.52. The minimum atomic E-state index is -4.89. The predicted molar refractivity (Wildman–Crippen MR) is 115 cm³/mol. The van der Waals surface area contributed by atoms with Crippen LogP contribution in [-0.4, -0.2) is 73.8 Å². The third kappa shape index (κ3) is 6.57. The summed E-state index contributed by atoms with van der Waals surface area (Å²) < 4.78 is 87.0. The summed E-state index contributed by atoms with van der Waals surface area (Å²) in [5, 5.41) is 3.95. The van der Waals surface area contributed by atoms with Gasteiger partial charge in [-0.25, -0.2) is 12.8 Å². The highest BCUT2D eigenvalue weighted by Crippen LogP contribution is 2.39. The Kier molecular flexibility index (Phi) is 7.96. The van der Waals surface area contributed by atoms with E-state index in [1.54, 1.807) is 0 Å². The molecule has 0 bridgehead atoms. The summed E-state index contributed by atoms with van der Waals surface area (Å²) in [6.07, 6.45) is -3.96. The van der Waals surface area contributed by atoms with E-state index in [4.69, 9.17) is 10.5 Å². The number of morpholine rings is 1. The topological polar surface area (TPSA) is 114 Å². The first-order valence-corrected chi connectivity index (χ1v) is 12.4. The van der Waals surface area contributed by atoms with E-state index in [1.807, 2.05) is 0 Å². The van der Waals surface area contributed by atoms with Crippen molar-refractivity contribution < 1.29 is 35.5 Å². The highest BCUT2D eigenvalue weighted by molar-refractivity contribution is 7.89. The van der Waals surface area contributed by atoms with Gasteiger partial charge >= 0.3 is 6.18 Å². The van der Waals surface area contributed by atoms with E-state index in [-0.39, 0.29) is 31.9 Å². The molecule has 1 aromatic rings. The van der Waals surface area contributed by atoms with Crippen molar-refractivity contribution >= 4 is 28.6 Å². The SMILES string of the molecule is NC(S)C1(NC(=O)[C@H](CS(=O)(=O)N2CCOCC2)N[C@@H](c2ccc(F)cc2)C(F)(F)F)CC1. The molecule has 0 aromatic heterocycles. The van der Waals surface area contributed by atoms with Crippen LogP contribution in [0.15, 0.2) is 24.3 Å². The van der Waals surface area contributed by atoms with E-state index >= 15 is 0 Å². The molecule has 8 nitrogen and oxygen atoms in total. The average molecular weight is 515 g/mol. The second-order valence-corrected chi connectivity index (χ2v) is 10.7. The lowest BCUT2D eigenvalue weighted by molar-refractivity contribution is -0.160. The molecule has 33 heavy (non-hydrogen) atoms. The van der Waals surface area contributed by atoms with Crippen molar-refractivity contribution in [2.75, 3.05) is 32.1 Å².